The number of hydrogen-bond acceptors (Lipinski definition) is 9. The molecule has 0 aliphatic carbocycles. The van der Waals surface area contributed by atoms with Gasteiger partial charge in [-0.2, -0.15) is 0 Å². The average molecular weight is 1940 g/mol. The van der Waals surface area contributed by atoms with E-state index in [0.717, 1.165) is 249 Å². The number of benzene rings is 22. The molecule has 700 valence electrons. The lowest BCUT2D eigenvalue weighted by Gasteiger charge is -2.12. The van der Waals surface area contributed by atoms with E-state index in [2.05, 4.69) is 458 Å². The maximum atomic E-state index is 6.95. The van der Waals surface area contributed by atoms with Gasteiger partial charge < -0.3 is 35.8 Å². The molecule has 0 atom stereocenters. The van der Waals surface area contributed by atoms with Gasteiger partial charge in [0.05, 0.1) is 88.0 Å². The summed E-state index contributed by atoms with van der Waals surface area (Å²) < 4.78 is 49.9. The highest BCUT2D eigenvalue weighted by molar-refractivity contribution is 7.26. The van der Waals surface area contributed by atoms with Gasteiger partial charge in [-0.15, -0.1) is 11.3 Å². The van der Waals surface area contributed by atoms with Gasteiger partial charge in [0.15, 0.2) is 16.7 Å². The molecule has 0 saturated heterocycles. The first-order chi connectivity index (χ1) is 74.4. The van der Waals surface area contributed by atoms with E-state index in [0.29, 0.717) is 0 Å². The third kappa shape index (κ3) is 12.7. The number of furan rings is 5. The Hall–Kier alpha value is -20.1. The topological polar surface area (TPSA) is 134 Å². The molecule has 34 aromatic rings. The summed E-state index contributed by atoms with van der Waals surface area (Å²) in [7, 11) is 0. The van der Waals surface area contributed by atoms with Crippen LogP contribution in [0.1, 0.15) is 0 Å². The molecular weight excluding hydrogens is 1860 g/mol. The summed E-state index contributed by atoms with van der Waals surface area (Å²) in [5, 5.41) is 20.4. The van der Waals surface area contributed by atoms with Crippen molar-refractivity contribution in [1.29, 1.82) is 0 Å². The van der Waals surface area contributed by atoms with Gasteiger partial charge in [-0.25, -0.2) is 15.0 Å². The lowest BCUT2D eigenvalue weighted by molar-refractivity contribution is 0.667. The second kappa shape index (κ2) is 32.7. The number of hydrogen-bond donors (Lipinski definition) is 0. The van der Waals surface area contributed by atoms with Crippen LogP contribution >= 0.6 is 11.3 Å². The summed E-state index contributed by atoms with van der Waals surface area (Å²) in [6, 6.07) is 168. The van der Waals surface area contributed by atoms with Crippen LogP contribution in [-0.4, -0.2) is 42.4 Å². The fourth-order valence-corrected chi connectivity index (χ4v) is 24.9. The van der Waals surface area contributed by atoms with Crippen molar-refractivity contribution in [3.63, 3.8) is 0 Å². The Balaban J connectivity index is 0.0000000995. The van der Waals surface area contributed by atoms with E-state index >= 15 is 0 Å². The molecule has 0 fully saturated rings. The van der Waals surface area contributed by atoms with Gasteiger partial charge in [0, 0.05) is 166 Å². The molecule has 150 heavy (non-hydrogen) atoms. The highest BCUT2D eigenvalue weighted by Gasteiger charge is 2.30. The fourth-order valence-electron chi connectivity index (χ4n) is 23.7. The molecule has 0 aliphatic heterocycles. The zero-order chi connectivity index (χ0) is 98.0. The highest BCUT2D eigenvalue weighted by Crippen LogP contribution is 2.51. The van der Waals surface area contributed by atoms with Crippen molar-refractivity contribution in [3.8, 4) is 79.4 Å². The second-order valence-electron chi connectivity index (χ2n) is 38.7. The summed E-state index contributed by atoms with van der Waals surface area (Å²) in [5.74, 6) is 2.70. The van der Waals surface area contributed by atoms with Gasteiger partial charge in [0.2, 0.25) is 0 Å². The standard InChI is InChI=1S/C49H29N3O2.C43H25N3O2.C43H25N3OS/c1-3-12-30(13-4-1)32-16-11-17-33(26-32)52-43-28-40-39-25-24-38-35-18-7-9-20-42(35)51(34-22-23-37-36-19-8-10-21-44(36)53-45(37)27-34)47(38)48(39)54-46(40)29-41(43)50-49(52)31-14-5-2-6-15-31;1-3-11-26(12-4-1)43-44-35-25-40-34(24-37(35)46(43)27-13-5-2-6-14-27)33-22-21-32-29-15-7-9-17-36(29)45(41(32)42(33)48-40)28-19-20-31-30-16-8-10-18-38(30)47-39(31)23-28;1-3-12-26(13-4-1)43-44-34-25-38-33(24-37(34)45(43)27-14-5-2-6-15-27)31-23-22-30-28-16-7-9-19-35(28)46(40(30)41(31)47-38)36-20-11-18-32-29-17-8-10-21-39(29)48-42(32)36/h1-29H;2*1-25H. The van der Waals surface area contributed by atoms with Crippen LogP contribution in [0, 0.1) is 0 Å². The molecule has 12 heterocycles. The minimum atomic E-state index is 0.803. The van der Waals surface area contributed by atoms with Crippen LogP contribution in [-0.2, 0) is 0 Å². The molecule has 0 amide bonds. The van der Waals surface area contributed by atoms with Gasteiger partial charge in [-0.1, -0.05) is 309 Å². The molecule has 14 nitrogen and oxygen atoms in total. The number of thiophene rings is 1. The van der Waals surface area contributed by atoms with E-state index in [1.54, 1.807) is 0 Å². The summed E-state index contributed by atoms with van der Waals surface area (Å²) in [6.07, 6.45) is 0. The number of aromatic nitrogens is 9. The van der Waals surface area contributed by atoms with Crippen LogP contribution in [0.3, 0.4) is 0 Å². The van der Waals surface area contributed by atoms with E-state index in [1.165, 1.54) is 58.5 Å². The number of nitrogens with zero attached hydrogens (tertiary/aromatic N) is 9. The third-order valence-electron chi connectivity index (χ3n) is 30.3. The van der Waals surface area contributed by atoms with E-state index < -0.39 is 0 Å². The van der Waals surface area contributed by atoms with Crippen LogP contribution in [0.5, 0.6) is 0 Å². The normalized spacial score (nSPS) is 12.1. The Morgan fingerprint density at radius 1 is 0.167 bits per heavy atom. The zero-order valence-electron chi connectivity index (χ0n) is 80.1. The molecule has 12 aromatic heterocycles. The first kappa shape index (κ1) is 83.3. The molecule has 34 rings (SSSR count). The van der Waals surface area contributed by atoms with Crippen molar-refractivity contribution in [2.24, 2.45) is 0 Å². The van der Waals surface area contributed by atoms with Gasteiger partial charge in [-0.3, -0.25) is 13.7 Å². The highest BCUT2D eigenvalue weighted by atomic mass is 32.1. The lowest BCUT2D eigenvalue weighted by atomic mass is 10.0. The molecule has 0 N–H and O–H groups in total. The Morgan fingerprint density at radius 2 is 0.473 bits per heavy atom. The zero-order valence-corrected chi connectivity index (χ0v) is 80.9. The van der Waals surface area contributed by atoms with Gasteiger partial charge in [0.1, 0.15) is 56.6 Å². The van der Waals surface area contributed by atoms with Crippen molar-refractivity contribution >= 4 is 240 Å². The lowest BCUT2D eigenvalue weighted by Crippen LogP contribution is -1.98. The molecule has 15 heteroatoms. The predicted octanol–water partition coefficient (Wildman–Crippen LogP) is 36.9. The maximum Gasteiger partial charge on any atom is 0.160 e. The Kier molecular flexibility index (Phi) is 18.2. The largest absolute Gasteiger partial charge is 0.456 e. The molecular formula is C135H79N9O5S. The first-order valence-electron chi connectivity index (χ1n) is 50.5. The van der Waals surface area contributed by atoms with E-state index in [9.17, 15) is 0 Å². The number of rotatable bonds is 10. The summed E-state index contributed by atoms with van der Waals surface area (Å²) in [6.45, 7) is 0. The smallest absolute Gasteiger partial charge is 0.160 e. The minimum Gasteiger partial charge on any atom is -0.456 e. The predicted molar refractivity (Wildman–Crippen MR) is 617 cm³/mol. The van der Waals surface area contributed by atoms with Crippen molar-refractivity contribution in [3.05, 3.63) is 479 Å². The van der Waals surface area contributed by atoms with Crippen LogP contribution in [0.15, 0.2) is 501 Å². The Bertz CT molecular complexity index is 11600. The molecule has 22 aromatic carbocycles. The van der Waals surface area contributed by atoms with Crippen molar-refractivity contribution in [2.75, 3.05) is 0 Å². The van der Waals surface area contributed by atoms with E-state index in [-0.39, 0.29) is 0 Å². The number of fused-ring (bicyclic) bond motifs is 33. The quantitative estimate of drug-likeness (QED) is 0.132. The molecule has 0 bridgehead atoms. The van der Waals surface area contributed by atoms with Crippen LogP contribution < -0.4 is 0 Å². The second-order valence-corrected chi connectivity index (χ2v) is 39.7. The molecule has 0 radical (unpaired) electrons. The molecule has 0 unspecified atom stereocenters. The first-order valence-corrected chi connectivity index (χ1v) is 51.3. The maximum absolute atomic E-state index is 6.95. The third-order valence-corrected chi connectivity index (χ3v) is 31.6. The summed E-state index contributed by atoms with van der Waals surface area (Å²) in [4.78, 5) is 15.7. The fraction of sp³-hybridized carbons (Fsp3) is 0. The van der Waals surface area contributed by atoms with E-state index in [1.807, 2.05) is 59.9 Å². The van der Waals surface area contributed by atoms with Crippen LogP contribution in [0.25, 0.3) is 308 Å². The number of para-hydroxylation sites is 7. The van der Waals surface area contributed by atoms with Crippen molar-refractivity contribution in [1.82, 2.24) is 42.4 Å². The minimum absolute atomic E-state index is 0.803. The SMILES string of the molecule is c1ccc(-c2cccc(-n3c(-c4ccccc4)nc4cc5oc6c(ccc7c8ccccc8n(-c8ccc9c(c8)oc8ccccc89)c76)c5cc43)c2)cc1.c1ccc(-c2nc3cc4oc5c(ccc6c7ccccc7n(-c7ccc8c(c7)oc7ccccc78)c65)c4cc3n2-c2ccccc2)cc1.c1ccc(-c2nc3cc4oc5c(ccc6c7ccccc7n(-c7cccc8c7sc7ccccc78)c65)c4cc3n2-c2ccccc2)cc1. The van der Waals surface area contributed by atoms with Crippen LogP contribution in [0.2, 0.25) is 0 Å². The molecule has 0 saturated carbocycles. The molecule has 0 aliphatic rings. The van der Waals surface area contributed by atoms with Gasteiger partial charge in [0.25, 0.3) is 0 Å². The Labute approximate surface area is 856 Å². The Morgan fingerprint density at radius 3 is 0.913 bits per heavy atom. The van der Waals surface area contributed by atoms with Crippen molar-refractivity contribution in [2.45, 2.75) is 0 Å². The monoisotopic (exact) mass is 1940 g/mol. The van der Waals surface area contributed by atoms with E-state index in [4.69, 9.17) is 37.0 Å². The molecule has 0 spiro atoms. The summed E-state index contributed by atoms with van der Waals surface area (Å²) in [5.41, 5.74) is 32.7. The van der Waals surface area contributed by atoms with Gasteiger partial charge in [-0.05, 0) is 151 Å². The average Bonchev–Trinajstić information content (AvgIpc) is 1.56. The van der Waals surface area contributed by atoms with Gasteiger partial charge >= 0.3 is 0 Å². The number of imidazole rings is 3. The summed E-state index contributed by atoms with van der Waals surface area (Å²) >= 11 is 1.85. The van der Waals surface area contributed by atoms with Crippen molar-refractivity contribution < 1.29 is 22.1 Å². The van der Waals surface area contributed by atoms with Crippen LogP contribution in [0.4, 0.5) is 0 Å².